The molecule has 4 nitrogen and oxygen atoms in total. The van der Waals surface area contributed by atoms with Crippen molar-refractivity contribution in [2.24, 2.45) is 5.73 Å². The molecule has 1 rings (SSSR count). The van der Waals surface area contributed by atoms with Crippen LogP contribution in [0.25, 0.3) is 0 Å². The first-order valence-corrected chi connectivity index (χ1v) is 7.74. The number of aryl methyl sites for hydroxylation is 1. The first-order valence-electron chi connectivity index (χ1n) is 7.74. The van der Waals surface area contributed by atoms with E-state index >= 15 is 0 Å². The Morgan fingerprint density at radius 3 is 2.52 bits per heavy atom. The Morgan fingerprint density at radius 2 is 2.00 bits per heavy atom. The minimum atomic E-state index is -0.482. The SMILES string of the molecule is CCC(Oc1cccc(C)c1)C(=O)NCC(N)(CC)CC. The van der Waals surface area contributed by atoms with Crippen molar-refractivity contribution in [2.45, 2.75) is 58.6 Å². The number of ether oxygens (including phenoxy) is 1. The summed E-state index contributed by atoms with van der Waals surface area (Å²) in [4.78, 5) is 12.3. The van der Waals surface area contributed by atoms with Gasteiger partial charge in [0, 0.05) is 12.1 Å². The second kappa shape index (κ2) is 8.03. The van der Waals surface area contributed by atoms with Crippen LogP contribution >= 0.6 is 0 Å². The van der Waals surface area contributed by atoms with E-state index in [0.717, 1.165) is 24.2 Å². The molecule has 0 radical (unpaired) electrons. The third-order valence-electron chi connectivity index (χ3n) is 3.95. The highest BCUT2D eigenvalue weighted by Gasteiger charge is 2.24. The summed E-state index contributed by atoms with van der Waals surface area (Å²) in [7, 11) is 0. The molecule has 0 aliphatic heterocycles. The van der Waals surface area contributed by atoms with Crippen LogP contribution in [0.1, 0.15) is 45.6 Å². The van der Waals surface area contributed by atoms with E-state index in [4.69, 9.17) is 10.5 Å². The van der Waals surface area contributed by atoms with Gasteiger partial charge in [-0.15, -0.1) is 0 Å². The van der Waals surface area contributed by atoms with E-state index in [-0.39, 0.29) is 11.4 Å². The van der Waals surface area contributed by atoms with E-state index in [0.29, 0.717) is 13.0 Å². The lowest BCUT2D eigenvalue weighted by Crippen LogP contribution is -2.51. The third-order valence-corrected chi connectivity index (χ3v) is 3.95. The molecule has 1 aromatic rings. The summed E-state index contributed by atoms with van der Waals surface area (Å²) in [5.74, 6) is 0.623. The van der Waals surface area contributed by atoms with E-state index < -0.39 is 6.10 Å². The fourth-order valence-corrected chi connectivity index (χ4v) is 2.05. The summed E-state index contributed by atoms with van der Waals surface area (Å²) in [6.07, 6.45) is 1.80. The molecule has 0 heterocycles. The second-order valence-corrected chi connectivity index (χ2v) is 5.62. The van der Waals surface area contributed by atoms with Crippen LogP contribution in [0.3, 0.4) is 0 Å². The van der Waals surface area contributed by atoms with Gasteiger partial charge in [0.2, 0.25) is 0 Å². The monoisotopic (exact) mass is 292 g/mol. The lowest BCUT2D eigenvalue weighted by Gasteiger charge is -2.28. The van der Waals surface area contributed by atoms with Crippen LogP contribution in [0.2, 0.25) is 0 Å². The predicted octanol–water partition coefficient (Wildman–Crippen LogP) is 2.79. The van der Waals surface area contributed by atoms with Gasteiger partial charge in [-0.25, -0.2) is 0 Å². The van der Waals surface area contributed by atoms with Crippen molar-refractivity contribution < 1.29 is 9.53 Å². The van der Waals surface area contributed by atoms with Crippen LogP contribution in [-0.4, -0.2) is 24.1 Å². The first kappa shape index (κ1) is 17.5. The fourth-order valence-electron chi connectivity index (χ4n) is 2.05. The molecule has 0 saturated heterocycles. The Morgan fingerprint density at radius 1 is 1.33 bits per heavy atom. The minimum Gasteiger partial charge on any atom is -0.481 e. The van der Waals surface area contributed by atoms with Gasteiger partial charge in [-0.2, -0.15) is 0 Å². The number of hydrogen-bond acceptors (Lipinski definition) is 3. The summed E-state index contributed by atoms with van der Waals surface area (Å²) in [5, 5.41) is 2.92. The van der Waals surface area contributed by atoms with Crippen LogP contribution in [0, 0.1) is 6.92 Å². The Hall–Kier alpha value is -1.55. The third kappa shape index (κ3) is 5.38. The molecule has 1 atom stereocenters. The van der Waals surface area contributed by atoms with Crippen LogP contribution in [0.4, 0.5) is 0 Å². The maximum absolute atomic E-state index is 12.3. The number of carbonyl (C=O) groups is 1. The van der Waals surface area contributed by atoms with Gasteiger partial charge in [0.1, 0.15) is 5.75 Å². The molecule has 4 heteroatoms. The fraction of sp³-hybridized carbons (Fsp3) is 0.588. The number of hydrogen-bond donors (Lipinski definition) is 2. The highest BCUT2D eigenvalue weighted by atomic mass is 16.5. The zero-order valence-electron chi connectivity index (χ0n) is 13.6. The summed E-state index contributed by atoms with van der Waals surface area (Å²) in [6, 6.07) is 7.73. The molecule has 0 saturated carbocycles. The zero-order chi connectivity index (χ0) is 15.9. The van der Waals surface area contributed by atoms with E-state index in [1.165, 1.54) is 0 Å². The largest absolute Gasteiger partial charge is 0.481 e. The molecule has 1 unspecified atom stereocenters. The van der Waals surface area contributed by atoms with Crippen LogP contribution < -0.4 is 15.8 Å². The molecule has 3 N–H and O–H groups in total. The number of benzene rings is 1. The van der Waals surface area contributed by atoms with Gasteiger partial charge in [-0.3, -0.25) is 4.79 Å². The van der Waals surface area contributed by atoms with Crippen molar-refractivity contribution in [1.29, 1.82) is 0 Å². The molecule has 0 aliphatic carbocycles. The number of rotatable bonds is 8. The summed E-state index contributed by atoms with van der Waals surface area (Å²) >= 11 is 0. The lowest BCUT2D eigenvalue weighted by atomic mass is 9.94. The summed E-state index contributed by atoms with van der Waals surface area (Å²) < 4.78 is 5.79. The Bertz CT molecular complexity index is 456. The first-order chi connectivity index (χ1) is 9.94. The molecule has 118 valence electrons. The maximum atomic E-state index is 12.3. The topological polar surface area (TPSA) is 64.3 Å². The van der Waals surface area contributed by atoms with Crippen molar-refractivity contribution in [1.82, 2.24) is 5.32 Å². The van der Waals surface area contributed by atoms with E-state index in [1.54, 1.807) is 0 Å². The van der Waals surface area contributed by atoms with Crippen molar-refractivity contribution in [3.8, 4) is 5.75 Å². The van der Waals surface area contributed by atoms with Crippen LogP contribution in [0.5, 0.6) is 5.75 Å². The van der Waals surface area contributed by atoms with Crippen LogP contribution in [0.15, 0.2) is 24.3 Å². The highest BCUT2D eigenvalue weighted by Crippen LogP contribution is 2.16. The molecular formula is C17H28N2O2. The number of amides is 1. The Kier molecular flexibility index (Phi) is 6.69. The average molecular weight is 292 g/mol. The molecule has 0 aromatic heterocycles. The molecule has 0 spiro atoms. The van der Waals surface area contributed by atoms with Gasteiger partial charge in [0.15, 0.2) is 6.10 Å². The molecule has 0 fully saturated rings. The quantitative estimate of drug-likeness (QED) is 0.774. The van der Waals surface area contributed by atoms with Crippen LogP contribution in [-0.2, 0) is 4.79 Å². The summed E-state index contributed by atoms with van der Waals surface area (Å²) in [5.41, 5.74) is 6.98. The van der Waals surface area contributed by atoms with Gasteiger partial charge in [0.25, 0.3) is 5.91 Å². The molecule has 21 heavy (non-hydrogen) atoms. The standard InChI is InChI=1S/C17H28N2O2/c1-5-15(21-14-10-8-9-13(4)11-14)16(20)19-12-17(18,6-2)7-3/h8-11,15H,5-7,12,18H2,1-4H3,(H,19,20). The molecule has 0 aliphatic rings. The minimum absolute atomic E-state index is 0.101. The van der Waals surface area contributed by atoms with Gasteiger partial charge in [-0.1, -0.05) is 32.9 Å². The van der Waals surface area contributed by atoms with E-state index in [2.05, 4.69) is 5.32 Å². The van der Waals surface area contributed by atoms with Gasteiger partial charge >= 0.3 is 0 Å². The number of nitrogens with two attached hydrogens (primary N) is 1. The van der Waals surface area contributed by atoms with Crippen molar-refractivity contribution in [2.75, 3.05) is 6.54 Å². The van der Waals surface area contributed by atoms with Gasteiger partial charge < -0.3 is 15.8 Å². The summed E-state index contributed by atoms with van der Waals surface area (Å²) in [6.45, 7) is 8.49. The zero-order valence-corrected chi connectivity index (χ0v) is 13.6. The number of nitrogens with one attached hydrogen (secondary N) is 1. The molecule has 1 amide bonds. The highest BCUT2D eigenvalue weighted by molar-refractivity contribution is 5.81. The van der Waals surface area contributed by atoms with Crippen molar-refractivity contribution in [3.63, 3.8) is 0 Å². The van der Waals surface area contributed by atoms with Crippen molar-refractivity contribution in [3.05, 3.63) is 29.8 Å². The average Bonchev–Trinajstić information content (AvgIpc) is 2.50. The Balaban J connectivity index is 2.61. The normalized spacial score (nSPS) is 12.8. The smallest absolute Gasteiger partial charge is 0.261 e. The van der Waals surface area contributed by atoms with Crippen molar-refractivity contribution >= 4 is 5.91 Å². The van der Waals surface area contributed by atoms with Gasteiger partial charge in [-0.05, 0) is 43.9 Å². The van der Waals surface area contributed by atoms with E-state index in [9.17, 15) is 4.79 Å². The second-order valence-electron chi connectivity index (χ2n) is 5.62. The number of carbonyl (C=O) groups excluding carboxylic acids is 1. The van der Waals surface area contributed by atoms with E-state index in [1.807, 2.05) is 52.0 Å². The molecular weight excluding hydrogens is 264 g/mol. The Labute approximate surface area is 128 Å². The lowest BCUT2D eigenvalue weighted by molar-refractivity contribution is -0.128. The maximum Gasteiger partial charge on any atom is 0.261 e. The predicted molar refractivity (Wildman–Crippen MR) is 86.4 cm³/mol. The molecule has 1 aromatic carbocycles. The molecule has 0 bridgehead atoms. The van der Waals surface area contributed by atoms with Gasteiger partial charge in [0.05, 0.1) is 0 Å².